The second-order valence-electron chi connectivity index (χ2n) is 9.26. The molecule has 0 saturated heterocycles. The van der Waals surface area contributed by atoms with E-state index in [1.54, 1.807) is 18.3 Å². The number of benzene rings is 3. The number of carbonyl (C=O) groups is 1. The third-order valence-corrected chi connectivity index (χ3v) is 5.64. The van der Waals surface area contributed by atoms with Crippen LogP contribution < -0.4 is 10.6 Å². The Labute approximate surface area is 201 Å². The van der Waals surface area contributed by atoms with E-state index in [0.717, 1.165) is 16.6 Å². The van der Waals surface area contributed by atoms with Crippen molar-refractivity contribution in [1.29, 1.82) is 0 Å². The maximum absolute atomic E-state index is 13.0. The minimum Gasteiger partial charge on any atom is -0.436 e. The van der Waals surface area contributed by atoms with E-state index in [-0.39, 0.29) is 11.2 Å². The first-order valence-electron chi connectivity index (χ1n) is 11.2. The van der Waals surface area contributed by atoms with E-state index in [9.17, 15) is 9.18 Å². The average molecular weight is 470 g/mol. The zero-order chi connectivity index (χ0) is 24.6. The van der Waals surface area contributed by atoms with Crippen LogP contribution in [0.4, 0.5) is 20.6 Å². The van der Waals surface area contributed by atoms with Crippen molar-refractivity contribution in [3.8, 4) is 22.7 Å². The van der Waals surface area contributed by atoms with Crippen molar-refractivity contribution in [3.05, 3.63) is 84.3 Å². The summed E-state index contributed by atoms with van der Waals surface area (Å²) < 4.78 is 19.1. The Morgan fingerprint density at radius 2 is 1.60 bits per heavy atom. The van der Waals surface area contributed by atoms with Gasteiger partial charge in [-0.25, -0.2) is 14.2 Å². The predicted octanol–water partition coefficient (Wildman–Crippen LogP) is 6.97. The molecule has 3 aromatic carbocycles. The standard InChI is InChI=1S/C27H24FN5O2/c1-27(2,3)17-6-13-23-22(14-17)32-25(35-23)21-15-29-33-24(21)16-4-9-19(10-5-16)30-26(34)31-20-11-7-18(28)8-12-20/h4-15H,1-3H3,(H,29,33)(H2,30,31,34). The van der Waals surface area contributed by atoms with Gasteiger partial charge >= 0.3 is 6.03 Å². The lowest BCUT2D eigenvalue weighted by Gasteiger charge is -2.18. The van der Waals surface area contributed by atoms with Crippen molar-refractivity contribution in [2.24, 2.45) is 0 Å². The number of carbonyl (C=O) groups excluding carboxylic acids is 1. The van der Waals surface area contributed by atoms with Crippen molar-refractivity contribution >= 4 is 28.5 Å². The summed E-state index contributed by atoms with van der Waals surface area (Å²) in [5.74, 6) is 0.118. The quantitative estimate of drug-likeness (QED) is 0.265. The Morgan fingerprint density at radius 1 is 0.943 bits per heavy atom. The van der Waals surface area contributed by atoms with E-state index in [1.807, 2.05) is 18.2 Å². The molecule has 0 spiro atoms. The topological polar surface area (TPSA) is 95.8 Å². The minimum absolute atomic E-state index is 0.0137. The number of amides is 2. The Morgan fingerprint density at radius 3 is 2.26 bits per heavy atom. The fourth-order valence-corrected chi connectivity index (χ4v) is 3.72. The van der Waals surface area contributed by atoms with Crippen molar-refractivity contribution in [3.63, 3.8) is 0 Å². The number of hydrogen-bond donors (Lipinski definition) is 3. The normalized spacial score (nSPS) is 11.5. The zero-order valence-electron chi connectivity index (χ0n) is 19.5. The molecule has 0 unspecified atom stereocenters. The van der Waals surface area contributed by atoms with Gasteiger partial charge in [-0.05, 0) is 59.5 Å². The fraction of sp³-hybridized carbons (Fsp3) is 0.148. The summed E-state index contributed by atoms with van der Waals surface area (Å²) in [6.45, 7) is 6.48. The van der Waals surface area contributed by atoms with Crippen LogP contribution in [0.15, 0.2) is 77.3 Å². The number of H-pyrrole nitrogens is 1. The molecule has 2 aromatic heterocycles. The van der Waals surface area contributed by atoms with Gasteiger partial charge in [0, 0.05) is 23.1 Å². The number of aromatic amines is 1. The monoisotopic (exact) mass is 469 g/mol. The molecule has 0 aliphatic rings. The van der Waals surface area contributed by atoms with Crippen LogP contribution >= 0.6 is 0 Å². The SMILES string of the molecule is CC(C)(C)c1ccc2oc(-c3c[nH]nc3-c3ccc(NC(=O)Nc4ccc(F)cc4)cc3)nc2c1. The number of fused-ring (bicyclic) bond motifs is 1. The van der Waals surface area contributed by atoms with E-state index in [4.69, 9.17) is 9.40 Å². The average Bonchev–Trinajstić information content (AvgIpc) is 3.47. The molecule has 0 atom stereocenters. The van der Waals surface area contributed by atoms with Gasteiger partial charge in [-0.1, -0.05) is 39.0 Å². The van der Waals surface area contributed by atoms with E-state index in [1.165, 1.54) is 29.8 Å². The molecule has 176 valence electrons. The fourth-order valence-electron chi connectivity index (χ4n) is 3.72. The number of aromatic nitrogens is 3. The third-order valence-electron chi connectivity index (χ3n) is 5.64. The highest BCUT2D eigenvalue weighted by Gasteiger charge is 2.19. The Kier molecular flexibility index (Phi) is 5.56. The number of urea groups is 1. The van der Waals surface area contributed by atoms with E-state index < -0.39 is 6.03 Å². The lowest BCUT2D eigenvalue weighted by atomic mass is 9.87. The largest absolute Gasteiger partial charge is 0.436 e. The lowest BCUT2D eigenvalue weighted by molar-refractivity contribution is 0.262. The first kappa shape index (κ1) is 22.3. The van der Waals surface area contributed by atoms with E-state index in [0.29, 0.717) is 28.5 Å². The molecule has 7 nitrogen and oxygen atoms in total. The summed E-state index contributed by atoms with van der Waals surface area (Å²) in [6, 6.07) is 18.5. The second kappa shape index (κ2) is 8.72. The maximum Gasteiger partial charge on any atom is 0.323 e. The molecule has 35 heavy (non-hydrogen) atoms. The smallest absolute Gasteiger partial charge is 0.323 e. The molecule has 5 rings (SSSR count). The Balaban J connectivity index is 1.34. The van der Waals surface area contributed by atoms with Crippen LogP contribution in [0.3, 0.4) is 0 Å². The molecule has 0 saturated carbocycles. The van der Waals surface area contributed by atoms with E-state index in [2.05, 4.69) is 53.7 Å². The molecule has 0 radical (unpaired) electrons. The second-order valence-corrected chi connectivity index (χ2v) is 9.26. The zero-order valence-corrected chi connectivity index (χ0v) is 19.5. The molecule has 0 fully saturated rings. The summed E-state index contributed by atoms with van der Waals surface area (Å²) in [7, 11) is 0. The van der Waals surface area contributed by atoms with Crippen LogP contribution in [0.2, 0.25) is 0 Å². The minimum atomic E-state index is -0.425. The molecule has 5 aromatic rings. The highest BCUT2D eigenvalue weighted by molar-refractivity contribution is 5.99. The van der Waals surface area contributed by atoms with Gasteiger partial charge in [-0.2, -0.15) is 5.10 Å². The number of halogens is 1. The first-order valence-corrected chi connectivity index (χ1v) is 11.2. The van der Waals surface area contributed by atoms with Gasteiger partial charge < -0.3 is 15.1 Å². The van der Waals surface area contributed by atoms with Gasteiger partial charge in [0.15, 0.2) is 5.58 Å². The summed E-state index contributed by atoms with van der Waals surface area (Å²) in [5.41, 5.74) is 6.07. The molecule has 2 amide bonds. The number of nitrogens with zero attached hydrogens (tertiary/aromatic N) is 2. The molecule has 3 N–H and O–H groups in total. The third kappa shape index (κ3) is 4.77. The van der Waals surface area contributed by atoms with Gasteiger partial charge in [0.25, 0.3) is 0 Å². The summed E-state index contributed by atoms with van der Waals surface area (Å²) in [4.78, 5) is 16.9. The Hall–Kier alpha value is -4.46. The van der Waals surface area contributed by atoms with Gasteiger partial charge in [0.1, 0.15) is 17.0 Å². The number of rotatable bonds is 4. The number of oxazole rings is 1. The van der Waals surface area contributed by atoms with Crippen LogP contribution in [0, 0.1) is 5.82 Å². The van der Waals surface area contributed by atoms with Crippen LogP contribution in [-0.2, 0) is 5.41 Å². The summed E-state index contributed by atoms with van der Waals surface area (Å²) in [6.07, 6.45) is 1.76. The summed E-state index contributed by atoms with van der Waals surface area (Å²) >= 11 is 0. The molecular weight excluding hydrogens is 445 g/mol. The van der Waals surface area contributed by atoms with Gasteiger partial charge in [0.2, 0.25) is 5.89 Å². The van der Waals surface area contributed by atoms with Crippen LogP contribution in [0.1, 0.15) is 26.3 Å². The van der Waals surface area contributed by atoms with Gasteiger partial charge in [-0.15, -0.1) is 0 Å². The first-order chi connectivity index (χ1) is 16.8. The maximum atomic E-state index is 13.0. The van der Waals surface area contributed by atoms with Crippen LogP contribution in [0.25, 0.3) is 33.8 Å². The lowest BCUT2D eigenvalue weighted by Crippen LogP contribution is -2.19. The van der Waals surface area contributed by atoms with Crippen molar-refractivity contribution < 1.29 is 13.6 Å². The van der Waals surface area contributed by atoms with Gasteiger partial charge in [0.05, 0.1) is 5.56 Å². The number of hydrogen-bond acceptors (Lipinski definition) is 4. The molecule has 0 aliphatic heterocycles. The predicted molar refractivity (Wildman–Crippen MR) is 135 cm³/mol. The highest BCUT2D eigenvalue weighted by atomic mass is 19.1. The number of anilines is 2. The van der Waals surface area contributed by atoms with Crippen LogP contribution in [-0.4, -0.2) is 21.2 Å². The molecule has 0 aliphatic carbocycles. The highest BCUT2D eigenvalue weighted by Crippen LogP contribution is 2.33. The summed E-state index contributed by atoms with van der Waals surface area (Å²) in [5, 5.41) is 12.7. The van der Waals surface area contributed by atoms with Crippen molar-refractivity contribution in [2.45, 2.75) is 26.2 Å². The van der Waals surface area contributed by atoms with E-state index >= 15 is 0 Å². The number of nitrogens with one attached hydrogen (secondary N) is 3. The molecule has 8 heteroatoms. The molecule has 0 bridgehead atoms. The van der Waals surface area contributed by atoms with Crippen molar-refractivity contribution in [2.75, 3.05) is 10.6 Å². The van der Waals surface area contributed by atoms with Crippen LogP contribution in [0.5, 0.6) is 0 Å². The van der Waals surface area contributed by atoms with Gasteiger partial charge in [-0.3, -0.25) is 5.10 Å². The van der Waals surface area contributed by atoms with Crippen molar-refractivity contribution in [1.82, 2.24) is 15.2 Å². The Bertz CT molecular complexity index is 1500. The molecular formula is C27H24FN5O2. The molecule has 2 heterocycles.